The lowest BCUT2D eigenvalue weighted by Crippen LogP contribution is -3.12. The Morgan fingerprint density at radius 2 is 1.78 bits per heavy atom. The summed E-state index contributed by atoms with van der Waals surface area (Å²) in [5, 5.41) is 0. The predicted octanol–water partition coefficient (Wildman–Crippen LogP) is 2.23. The van der Waals surface area contributed by atoms with Gasteiger partial charge in [-0.1, -0.05) is 30.3 Å². The molecule has 0 saturated carbocycles. The van der Waals surface area contributed by atoms with E-state index in [-0.39, 0.29) is 11.8 Å². The molecular weight excluding hydrogens is 332 g/mol. The van der Waals surface area contributed by atoms with Crippen molar-refractivity contribution in [2.75, 3.05) is 13.2 Å². The summed E-state index contributed by atoms with van der Waals surface area (Å²) in [7, 11) is 0. The molecule has 1 aliphatic heterocycles. The van der Waals surface area contributed by atoms with E-state index in [9.17, 15) is 9.59 Å². The van der Waals surface area contributed by atoms with E-state index in [0.717, 1.165) is 14.1 Å². The quantitative estimate of drug-likeness (QED) is 0.643. The number of hydrogen-bond donors (Lipinski definition) is 1. The number of rotatable bonds is 6. The number of carbonyl (C=O) groups excluding carboxylic acids is 2. The lowest BCUT2D eigenvalue weighted by Gasteiger charge is -2.22. The van der Waals surface area contributed by atoms with Gasteiger partial charge in [-0.2, -0.15) is 0 Å². The molecule has 0 radical (unpaired) electrons. The van der Waals surface area contributed by atoms with Crippen LogP contribution < -0.4 is 4.90 Å². The molecule has 2 heterocycles. The summed E-state index contributed by atoms with van der Waals surface area (Å²) in [6.45, 7) is 5.43. The van der Waals surface area contributed by atoms with E-state index in [1.807, 2.05) is 12.1 Å². The SMILES string of the molecule is C=CC[NH+](Cc1ccc(Cl)s1)CN1C(=O)c2ccccc2C1=O. The van der Waals surface area contributed by atoms with Crippen LogP contribution in [0, 0.1) is 0 Å². The molecular formula is C17H16ClN2O2S+. The minimum absolute atomic E-state index is 0.226. The summed E-state index contributed by atoms with van der Waals surface area (Å²) in [4.78, 5) is 28.4. The molecule has 6 heteroatoms. The Hall–Kier alpha value is -1.95. The van der Waals surface area contributed by atoms with Gasteiger partial charge in [0.1, 0.15) is 6.54 Å². The van der Waals surface area contributed by atoms with Gasteiger partial charge in [-0.3, -0.25) is 9.59 Å². The van der Waals surface area contributed by atoms with E-state index in [2.05, 4.69) is 6.58 Å². The fraction of sp³-hybridized carbons (Fsp3) is 0.176. The number of nitrogens with one attached hydrogen (secondary N) is 1. The molecule has 2 aromatic rings. The number of imide groups is 1. The van der Waals surface area contributed by atoms with Gasteiger partial charge in [-0.05, 0) is 30.3 Å². The number of quaternary nitrogens is 1. The first-order valence-electron chi connectivity index (χ1n) is 7.24. The molecule has 1 aliphatic rings. The van der Waals surface area contributed by atoms with Crippen LogP contribution in [0.3, 0.4) is 0 Å². The van der Waals surface area contributed by atoms with Gasteiger partial charge >= 0.3 is 0 Å². The second kappa shape index (κ2) is 6.66. The Morgan fingerprint density at radius 1 is 1.13 bits per heavy atom. The average molecular weight is 348 g/mol. The first-order valence-corrected chi connectivity index (χ1v) is 8.43. The van der Waals surface area contributed by atoms with Crippen LogP contribution in [0.5, 0.6) is 0 Å². The molecule has 1 unspecified atom stereocenters. The topological polar surface area (TPSA) is 41.8 Å². The van der Waals surface area contributed by atoms with Gasteiger partial charge in [-0.15, -0.1) is 11.3 Å². The van der Waals surface area contributed by atoms with E-state index in [1.54, 1.807) is 30.3 Å². The molecule has 1 aromatic carbocycles. The van der Waals surface area contributed by atoms with Crippen LogP contribution in [0.1, 0.15) is 25.6 Å². The second-order valence-electron chi connectivity index (χ2n) is 5.37. The summed E-state index contributed by atoms with van der Waals surface area (Å²) >= 11 is 7.48. The van der Waals surface area contributed by atoms with Gasteiger partial charge in [0.05, 0.1) is 26.9 Å². The van der Waals surface area contributed by atoms with Crippen LogP contribution in [-0.4, -0.2) is 29.9 Å². The van der Waals surface area contributed by atoms with E-state index in [1.165, 1.54) is 16.2 Å². The maximum Gasteiger partial charge on any atom is 0.265 e. The Kier molecular flexibility index (Phi) is 4.61. The molecule has 0 saturated heterocycles. The van der Waals surface area contributed by atoms with Crippen LogP contribution in [0.25, 0.3) is 0 Å². The van der Waals surface area contributed by atoms with E-state index in [4.69, 9.17) is 11.6 Å². The number of carbonyl (C=O) groups is 2. The van der Waals surface area contributed by atoms with Gasteiger partial charge in [-0.25, -0.2) is 4.90 Å². The number of nitrogens with zero attached hydrogens (tertiary/aromatic N) is 1. The molecule has 3 rings (SSSR count). The standard InChI is InChI=1S/C17H15ClN2O2S/c1-2-9-19(10-12-7-8-15(18)23-12)11-20-16(21)13-5-3-4-6-14(13)17(20)22/h2-8H,1,9-11H2/p+1. The average Bonchev–Trinajstić information content (AvgIpc) is 3.05. The van der Waals surface area contributed by atoms with E-state index < -0.39 is 0 Å². The summed E-state index contributed by atoms with van der Waals surface area (Å²) in [5.41, 5.74) is 0.962. The maximum absolute atomic E-state index is 12.5. The van der Waals surface area contributed by atoms with Crippen molar-refractivity contribution in [3.8, 4) is 0 Å². The lowest BCUT2D eigenvalue weighted by atomic mass is 10.1. The van der Waals surface area contributed by atoms with Crippen LogP contribution in [0.4, 0.5) is 0 Å². The molecule has 1 aromatic heterocycles. The third-order valence-corrected chi connectivity index (χ3v) is 4.98. The number of hydrogen-bond acceptors (Lipinski definition) is 3. The number of halogens is 1. The monoisotopic (exact) mass is 347 g/mol. The van der Waals surface area contributed by atoms with Crippen molar-refractivity contribution >= 4 is 34.8 Å². The van der Waals surface area contributed by atoms with Crippen molar-refractivity contribution in [1.29, 1.82) is 0 Å². The predicted molar refractivity (Wildman–Crippen MR) is 90.9 cm³/mol. The first-order chi connectivity index (χ1) is 11.1. The zero-order valence-corrected chi connectivity index (χ0v) is 14.0. The first kappa shape index (κ1) is 15.9. The molecule has 0 fully saturated rings. The molecule has 0 spiro atoms. The molecule has 2 amide bonds. The fourth-order valence-corrected chi connectivity index (χ4v) is 3.86. The largest absolute Gasteiger partial charge is 0.310 e. The minimum Gasteiger partial charge on any atom is -0.310 e. The highest BCUT2D eigenvalue weighted by atomic mass is 35.5. The number of amides is 2. The minimum atomic E-state index is -0.226. The fourth-order valence-electron chi connectivity index (χ4n) is 2.70. The van der Waals surface area contributed by atoms with Crippen molar-refractivity contribution in [2.45, 2.75) is 6.54 Å². The number of thiophene rings is 1. The third-order valence-electron chi connectivity index (χ3n) is 3.75. The van der Waals surface area contributed by atoms with Crippen molar-refractivity contribution in [3.05, 3.63) is 69.4 Å². The molecule has 0 aliphatic carbocycles. The van der Waals surface area contributed by atoms with E-state index in [0.29, 0.717) is 30.9 Å². The molecule has 118 valence electrons. The Bertz CT molecular complexity index is 736. The molecule has 4 nitrogen and oxygen atoms in total. The van der Waals surface area contributed by atoms with Crippen LogP contribution in [0.2, 0.25) is 4.34 Å². The van der Waals surface area contributed by atoms with Crippen molar-refractivity contribution in [1.82, 2.24) is 4.90 Å². The third kappa shape index (κ3) is 3.22. The normalized spacial score (nSPS) is 14.9. The summed E-state index contributed by atoms with van der Waals surface area (Å²) in [5.74, 6) is -0.451. The zero-order valence-electron chi connectivity index (χ0n) is 12.4. The van der Waals surface area contributed by atoms with Gasteiger partial charge < -0.3 is 4.90 Å². The number of benzene rings is 1. The van der Waals surface area contributed by atoms with Gasteiger partial charge in [0.25, 0.3) is 11.8 Å². The van der Waals surface area contributed by atoms with Gasteiger partial charge in [0, 0.05) is 0 Å². The highest BCUT2D eigenvalue weighted by Crippen LogP contribution is 2.22. The molecule has 0 bridgehead atoms. The van der Waals surface area contributed by atoms with E-state index >= 15 is 0 Å². The highest BCUT2D eigenvalue weighted by Gasteiger charge is 2.37. The lowest BCUT2D eigenvalue weighted by molar-refractivity contribution is -0.914. The van der Waals surface area contributed by atoms with Crippen LogP contribution in [-0.2, 0) is 6.54 Å². The summed E-state index contributed by atoms with van der Waals surface area (Å²) in [6, 6.07) is 10.8. The second-order valence-corrected chi connectivity index (χ2v) is 7.17. The Labute approximate surface area is 143 Å². The zero-order chi connectivity index (χ0) is 16.4. The smallest absolute Gasteiger partial charge is 0.265 e. The summed E-state index contributed by atoms with van der Waals surface area (Å²) < 4.78 is 0.735. The Morgan fingerprint density at radius 3 is 2.30 bits per heavy atom. The molecule has 1 N–H and O–H groups in total. The Balaban J connectivity index is 1.77. The number of fused-ring (bicyclic) bond motifs is 1. The molecule has 1 atom stereocenters. The van der Waals surface area contributed by atoms with Gasteiger partial charge in [0.15, 0.2) is 6.67 Å². The van der Waals surface area contributed by atoms with Crippen molar-refractivity contribution < 1.29 is 14.5 Å². The maximum atomic E-state index is 12.5. The van der Waals surface area contributed by atoms with Crippen LogP contribution in [0.15, 0.2) is 49.1 Å². The van der Waals surface area contributed by atoms with Crippen LogP contribution >= 0.6 is 22.9 Å². The van der Waals surface area contributed by atoms with Gasteiger partial charge in [0.2, 0.25) is 0 Å². The highest BCUT2D eigenvalue weighted by molar-refractivity contribution is 7.16. The van der Waals surface area contributed by atoms with Crippen molar-refractivity contribution in [2.24, 2.45) is 0 Å². The summed E-state index contributed by atoms with van der Waals surface area (Å²) in [6.07, 6.45) is 1.79. The molecule has 23 heavy (non-hydrogen) atoms. The van der Waals surface area contributed by atoms with Crippen molar-refractivity contribution in [3.63, 3.8) is 0 Å².